The van der Waals surface area contributed by atoms with E-state index in [1.54, 1.807) is 12.1 Å². The van der Waals surface area contributed by atoms with Gasteiger partial charge < -0.3 is 4.90 Å². The van der Waals surface area contributed by atoms with Crippen molar-refractivity contribution in [1.82, 2.24) is 14.5 Å². The van der Waals surface area contributed by atoms with E-state index in [1.807, 2.05) is 55.5 Å². The fourth-order valence-electron chi connectivity index (χ4n) is 3.51. The van der Waals surface area contributed by atoms with Crippen LogP contribution in [0.15, 0.2) is 65.6 Å². The number of hydrogen-bond donors (Lipinski definition) is 0. The van der Waals surface area contributed by atoms with Crippen molar-refractivity contribution in [2.24, 2.45) is 0 Å². The molecule has 0 bridgehead atoms. The second-order valence-electron chi connectivity index (χ2n) is 7.15. The summed E-state index contributed by atoms with van der Waals surface area (Å²) < 4.78 is 27.4. The molecule has 2 heterocycles. The molecule has 1 saturated heterocycles. The molecule has 0 atom stereocenters. The average Bonchev–Trinajstić information content (AvgIpc) is 2.80. The Balaban J connectivity index is 1.43. The van der Waals surface area contributed by atoms with Crippen molar-refractivity contribution in [3.63, 3.8) is 0 Å². The molecule has 1 fully saturated rings. The summed E-state index contributed by atoms with van der Waals surface area (Å²) in [7, 11) is -3.48. The Morgan fingerprint density at radius 3 is 2.20 bits per heavy atom. The highest BCUT2D eigenvalue weighted by molar-refractivity contribution is 7.89. The van der Waals surface area contributed by atoms with Crippen molar-refractivity contribution < 1.29 is 8.42 Å². The minimum Gasteiger partial charge on any atom is -0.352 e. The second-order valence-corrected chi connectivity index (χ2v) is 9.49. The summed E-state index contributed by atoms with van der Waals surface area (Å²) in [6.45, 7) is 3.99. The third-order valence-electron chi connectivity index (χ3n) is 5.33. The van der Waals surface area contributed by atoms with Gasteiger partial charge in [-0.05, 0) is 42.3 Å². The highest BCUT2D eigenvalue weighted by Crippen LogP contribution is 2.27. The Bertz CT molecular complexity index is 1110. The number of hydrogen-bond acceptors (Lipinski definition) is 5. The monoisotopic (exact) mass is 442 g/mol. The zero-order chi connectivity index (χ0) is 21.1. The van der Waals surface area contributed by atoms with Crippen LogP contribution >= 0.6 is 11.6 Å². The molecule has 0 N–H and O–H groups in total. The zero-order valence-corrected chi connectivity index (χ0v) is 18.3. The molecule has 0 unspecified atom stereocenters. The predicted octanol–water partition coefficient (Wildman–Crippen LogP) is 3.87. The number of piperazine rings is 1. The molecule has 8 heteroatoms. The van der Waals surface area contributed by atoms with E-state index in [9.17, 15) is 8.42 Å². The van der Waals surface area contributed by atoms with Gasteiger partial charge in [-0.1, -0.05) is 48.9 Å². The van der Waals surface area contributed by atoms with Gasteiger partial charge in [0, 0.05) is 31.7 Å². The van der Waals surface area contributed by atoms with E-state index in [0.29, 0.717) is 41.8 Å². The maximum absolute atomic E-state index is 12.9. The van der Waals surface area contributed by atoms with Crippen LogP contribution in [0.5, 0.6) is 0 Å². The van der Waals surface area contributed by atoms with Crippen molar-refractivity contribution in [3.8, 4) is 11.3 Å². The molecule has 1 aliphatic heterocycles. The van der Waals surface area contributed by atoms with Gasteiger partial charge >= 0.3 is 0 Å². The van der Waals surface area contributed by atoms with Crippen molar-refractivity contribution in [1.29, 1.82) is 0 Å². The number of aromatic nitrogens is 2. The first-order chi connectivity index (χ1) is 14.5. The van der Waals surface area contributed by atoms with Crippen LogP contribution < -0.4 is 4.90 Å². The first-order valence-electron chi connectivity index (χ1n) is 9.91. The van der Waals surface area contributed by atoms with E-state index in [4.69, 9.17) is 11.6 Å². The summed E-state index contributed by atoms with van der Waals surface area (Å²) in [4.78, 5) is 2.40. The normalized spacial score (nSPS) is 15.3. The zero-order valence-electron chi connectivity index (χ0n) is 16.7. The molecule has 0 aliphatic carbocycles. The Hall–Kier alpha value is -2.48. The third-order valence-corrected chi connectivity index (χ3v) is 7.57. The smallest absolute Gasteiger partial charge is 0.243 e. The Morgan fingerprint density at radius 2 is 1.60 bits per heavy atom. The first-order valence-corrected chi connectivity index (χ1v) is 11.7. The molecule has 0 radical (unpaired) electrons. The molecule has 4 rings (SSSR count). The van der Waals surface area contributed by atoms with Gasteiger partial charge in [0.25, 0.3) is 0 Å². The number of halogens is 1. The quantitative estimate of drug-likeness (QED) is 0.600. The second kappa shape index (κ2) is 8.71. The molecule has 0 amide bonds. The van der Waals surface area contributed by atoms with E-state index in [2.05, 4.69) is 15.1 Å². The molecule has 1 aliphatic rings. The molecule has 156 valence electrons. The molecule has 6 nitrogen and oxygen atoms in total. The average molecular weight is 443 g/mol. The number of aryl methyl sites for hydroxylation is 1. The minimum absolute atomic E-state index is 0.344. The maximum atomic E-state index is 12.9. The number of rotatable bonds is 5. The summed E-state index contributed by atoms with van der Waals surface area (Å²) in [6.07, 6.45) is 0.884. The van der Waals surface area contributed by atoms with Crippen LogP contribution in [-0.2, 0) is 16.4 Å². The Morgan fingerprint density at radius 1 is 0.900 bits per heavy atom. The minimum atomic E-state index is -3.48. The van der Waals surface area contributed by atoms with Crippen molar-refractivity contribution in [2.75, 3.05) is 31.1 Å². The number of sulfonamides is 1. The molecule has 30 heavy (non-hydrogen) atoms. The molecular weight excluding hydrogens is 420 g/mol. The first kappa shape index (κ1) is 20.8. The van der Waals surface area contributed by atoms with E-state index >= 15 is 0 Å². The molecule has 1 aromatic heterocycles. The SMILES string of the molecule is CCc1ccc(S(=O)(=O)N2CCN(c3ccc(-c4ccccc4Cl)nn3)CC2)cc1. The summed E-state index contributed by atoms with van der Waals surface area (Å²) in [6, 6.07) is 18.4. The molecule has 3 aromatic rings. The topological polar surface area (TPSA) is 66.4 Å². The highest BCUT2D eigenvalue weighted by atomic mass is 35.5. The van der Waals surface area contributed by atoms with E-state index in [0.717, 1.165) is 23.4 Å². The van der Waals surface area contributed by atoms with Gasteiger partial charge in [-0.25, -0.2) is 8.42 Å². The van der Waals surface area contributed by atoms with Gasteiger partial charge in [-0.2, -0.15) is 4.31 Å². The summed E-state index contributed by atoms with van der Waals surface area (Å²) in [5, 5.41) is 9.27. The fraction of sp³-hybridized carbons (Fsp3) is 0.273. The van der Waals surface area contributed by atoms with Crippen LogP contribution in [0.2, 0.25) is 5.02 Å². The summed E-state index contributed by atoms with van der Waals surface area (Å²) >= 11 is 6.23. The summed E-state index contributed by atoms with van der Waals surface area (Å²) in [5.41, 5.74) is 2.67. The predicted molar refractivity (Wildman–Crippen MR) is 119 cm³/mol. The standard InChI is InChI=1S/C22H23ClN4O2S/c1-2-17-7-9-18(10-8-17)30(28,29)27-15-13-26(14-16-27)22-12-11-21(24-25-22)19-5-3-4-6-20(19)23/h3-12H,2,13-16H2,1H3. The van der Waals surface area contributed by atoms with Crippen molar-refractivity contribution in [2.45, 2.75) is 18.2 Å². The summed E-state index contributed by atoms with van der Waals surface area (Å²) in [5.74, 6) is 0.732. The van der Waals surface area contributed by atoms with Crippen molar-refractivity contribution >= 4 is 27.4 Å². The molecule has 0 spiro atoms. The van der Waals surface area contributed by atoms with E-state index < -0.39 is 10.0 Å². The van der Waals surface area contributed by atoms with Gasteiger partial charge in [-0.3, -0.25) is 0 Å². The Kier molecular flexibility index (Phi) is 6.04. The molecule has 0 saturated carbocycles. The van der Waals surface area contributed by atoms with Crippen LogP contribution in [0.25, 0.3) is 11.3 Å². The lowest BCUT2D eigenvalue weighted by Gasteiger charge is -2.34. The van der Waals surface area contributed by atoms with Gasteiger partial charge in [0.15, 0.2) is 5.82 Å². The lowest BCUT2D eigenvalue weighted by atomic mass is 10.1. The van der Waals surface area contributed by atoms with Gasteiger partial charge in [0.1, 0.15) is 0 Å². The third kappa shape index (κ3) is 4.19. The number of nitrogens with zero attached hydrogens (tertiary/aromatic N) is 4. The highest BCUT2D eigenvalue weighted by Gasteiger charge is 2.29. The largest absolute Gasteiger partial charge is 0.352 e. The lowest BCUT2D eigenvalue weighted by Crippen LogP contribution is -2.49. The number of benzene rings is 2. The van der Waals surface area contributed by atoms with E-state index in [-0.39, 0.29) is 0 Å². The van der Waals surface area contributed by atoms with Gasteiger partial charge in [0.2, 0.25) is 10.0 Å². The molecule has 2 aromatic carbocycles. The van der Waals surface area contributed by atoms with E-state index in [1.165, 1.54) is 4.31 Å². The van der Waals surface area contributed by atoms with Crippen LogP contribution in [0.3, 0.4) is 0 Å². The van der Waals surface area contributed by atoms with Gasteiger partial charge in [-0.15, -0.1) is 10.2 Å². The fourth-order valence-corrected chi connectivity index (χ4v) is 5.16. The van der Waals surface area contributed by atoms with Crippen LogP contribution in [0.4, 0.5) is 5.82 Å². The van der Waals surface area contributed by atoms with Crippen LogP contribution in [0.1, 0.15) is 12.5 Å². The molecular formula is C22H23ClN4O2S. The van der Waals surface area contributed by atoms with Crippen molar-refractivity contribution in [3.05, 3.63) is 71.2 Å². The Labute approximate surface area is 182 Å². The van der Waals surface area contributed by atoms with Crippen LogP contribution in [-0.4, -0.2) is 49.1 Å². The number of anilines is 1. The van der Waals surface area contributed by atoms with Gasteiger partial charge in [0.05, 0.1) is 15.6 Å². The lowest BCUT2D eigenvalue weighted by molar-refractivity contribution is 0.383. The van der Waals surface area contributed by atoms with Crippen LogP contribution in [0, 0.1) is 0 Å². The maximum Gasteiger partial charge on any atom is 0.243 e.